The number of rotatable bonds is 1. The number of halogens is 3. The molecule has 0 unspecified atom stereocenters. The van der Waals surface area contributed by atoms with Gasteiger partial charge < -0.3 is 5.73 Å². The third-order valence-corrected chi connectivity index (χ3v) is 3.53. The molecule has 1 aromatic heterocycles. The lowest BCUT2D eigenvalue weighted by atomic mass is 9.78. The van der Waals surface area contributed by atoms with E-state index in [1.165, 1.54) is 0 Å². The van der Waals surface area contributed by atoms with Crippen molar-refractivity contribution in [3.8, 4) is 0 Å². The quantitative estimate of drug-likeness (QED) is 0.792. The Bertz CT molecular complexity index is 341. The van der Waals surface area contributed by atoms with E-state index < -0.39 is 17.4 Å². The molecule has 6 heteroatoms. The van der Waals surface area contributed by atoms with Crippen LogP contribution in [0.25, 0.3) is 0 Å². The van der Waals surface area contributed by atoms with Crippen molar-refractivity contribution in [3.63, 3.8) is 0 Å². The number of nitrogens with two attached hydrogens (primary N) is 1. The zero-order valence-electron chi connectivity index (χ0n) is 7.27. The Kier molecular flexibility index (Phi) is 2.08. The number of hydrogen-bond acceptors (Lipinski definition) is 3. The summed E-state index contributed by atoms with van der Waals surface area (Å²) in [5, 5.41) is 1.44. The second-order valence-corrected chi connectivity index (χ2v) is 4.40. The minimum Gasteiger partial charge on any atom is -0.319 e. The summed E-state index contributed by atoms with van der Waals surface area (Å²) < 4.78 is 36.6. The van der Waals surface area contributed by atoms with Gasteiger partial charge in [0.25, 0.3) is 0 Å². The normalized spacial score (nSPS) is 20.6. The van der Waals surface area contributed by atoms with Crippen LogP contribution in [0.5, 0.6) is 0 Å². The Morgan fingerprint density at radius 1 is 1.43 bits per heavy atom. The molecular weight excluding hydrogens is 213 g/mol. The van der Waals surface area contributed by atoms with E-state index in [0.717, 1.165) is 36.0 Å². The topological polar surface area (TPSA) is 38.9 Å². The molecule has 1 aliphatic carbocycles. The third-order valence-electron chi connectivity index (χ3n) is 2.47. The van der Waals surface area contributed by atoms with Gasteiger partial charge in [-0.1, -0.05) is 0 Å². The Morgan fingerprint density at radius 2 is 2.07 bits per heavy atom. The molecule has 1 aliphatic rings. The van der Waals surface area contributed by atoms with Crippen molar-refractivity contribution in [2.75, 3.05) is 0 Å². The van der Waals surface area contributed by atoms with Crippen LogP contribution < -0.4 is 5.73 Å². The highest BCUT2D eigenvalue weighted by atomic mass is 32.1. The van der Waals surface area contributed by atoms with E-state index in [2.05, 4.69) is 4.98 Å². The fourth-order valence-electron chi connectivity index (χ4n) is 1.40. The zero-order chi connectivity index (χ0) is 10.4. The second-order valence-electron chi connectivity index (χ2n) is 3.55. The number of thiazole rings is 1. The molecule has 1 aromatic rings. The summed E-state index contributed by atoms with van der Waals surface area (Å²) in [5.41, 5.74) is 4.45. The predicted octanol–water partition coefficient (Wildman–Crippen LogP) is 2.50. The molecule has 0 aliphatic heterocycles. The van der Waals surface area contributed by atoms with Crippen LogP contribution in [0.4, 0.5) is 13.2 Å². The summed E-state index contributed by atoms with van der Waals surface area (Å²) in [6.07, 6.45) is -1.91. The first-order valence-electron chi connectivity index (χ1n) is 4.24. The van der Waals surface area contributed by atoms with Crippen LogP contribution in [0.1, 0.15) is 30.0 Å². The predicted molar refractivity (Wildman–Crippen MR) is 46.8 cm³/mol. The van der Waals surface area contributed by atoms with Crippen LogP contribution in [-0.4, -0.2) is 4.98 Å². The summed E-state index contributed by atoms with van der Waals surface area (Å²) in [5.74, 6) is 0. The van der Waals surface area contributed by atoms with Crippen molar-refractivity contribution in [2.24, 2.45) is 5.73 Å². The zero-order valence-corrected chi connectivity index (χ0v) is 8.08. The van der Waals surface area contributed by atoms with Gasteiger partial charge in [0.2, 0.25) is 0 Å². The first-order chi connectivity index (χ1) is 6.42. The molecular formula is C8H9F3N2S. The molecule has 0 spiro atoms. The van der Waals surface area contributed by atoms with Crippen LogP contribution in [0.15, 0.2) is 5.38 Å². The molecule has 0 radical (unpaired) electrons. The van der Waals surface area contributed by atoms with E-state index >= 15 is 0 Å². The van der Waals surface area contributed by atoms with Crippen molar-refractivity contribution in [2.45, 2.75) is 31.0 Å². The van der Waals surface area contributed by atoms with Crippen molar-refractivity contribution in [3.05, 3.63) is 16.1 Å². The first-order valence-corrected chi connectivity index (χ1v) is 5.12. The largest absolute Gasteiger partial charge is 0.434 e. The highest BCUT2D eigenvalue weighted by Crippen LogP contribution is 2.41. The average Bonchev–Trinajstić information content (AvgIpc) is 2.46. The van der Waals surface area contributed by atoms with Crippen LogP contribution in [-0.2, 0) is 11.7 Å². The molecule has 2 nitrogen and oxygen atoms in total. The van der Waals surface area contributed by atoms with Crippen molar-refractivity contribution in [1.82, 2.24) is 4.98 Å². The summed E-state index contributed by atoms with van der Waals surface area (Å²) in [6, 6.07) is 0. The average molecular weight is 222 g/mol. The standard InChI is InChI=1S/C8H9F3N2S/c9-8(10,11)5-4-14-6(13-5)7(12)2-1-3-7/h4H,1-3,12H2. The monoisotopic (exact) mass is 222 g/mol. The fraction of sp³-hybridized carbons (Fsp3) is 0.625. The van der Waals surface area contributed by atoms with Gasteiger partial charge in [0.05, 0.1) is 5.54 Å². The van der Waals surface area contributed by atoms with Gasteiger partial charge in [0, 0.05) is 5.38 Å². The second kappa shape index (κ2) is 2.93. The minimum absolute atomic E-state index is 0.413. The minimum atomic E-state index is -4.35. The Balaban J connectivity index is 2.26. The van der Waals surface area contributed by atoms with Crippen LogP contribution in [0, 0.1) is 0 Å². The molecule has 0 bridgehead atoms. The van der Waals surface area contributed by atoms with Gasteiger partial charge in [-0.25, -0.2) is 4.98 Å². The Hall–Kier alpha value is -0.620. The lowest BCUT2D eigenvalue weighted by Gasteiger charge is -2.35. The maximum atomic E-state index is 12.2. The van der Waals surface area contributed by atoms with E-state index in [1.54, 1.807) is 0 Å². The van der Waals surface area contributed by atoms with E-state index in [-0.39, 0.29) is 0 Å². The maximum Gasteiger partial charge on any atom is 0.434 e. The Labute approximate surface area is 82.9 Å². The summed E-state index contributed by atoms with van der Waals surface area (Å²) >= 11 is 1.00. The molecule has 2 N–H and O–H groups in total. The molecule has 1 heterocycles. The number of hydrogen-bond donors (Lipinski definition) is 1. The highest BCUT2D eigenvalue weighted by molar-refractivity contribution is 7.09. The molecule has 78 valence electrons. The van der Waals surface area contributed by atoms with Gasteiger partial charge in [-0.3, -0.25) is 0 Å². The number of aromatic nitrogens is 1. The van der Waals surface area contributed by atoms with Crippen LogP contribution in [0.2, 0.25) is 0 Å². The SMILES string of the molecule is NC1(c2nc(C(F)(F)F)cs2)CCC1. The van der Waals surface area contributed by atoms with Gasteiger partial charge in [0.1, 0.15) is 5.01 Å². The summed E-state index contributed by atoms with van der Waals surface area (Å²) in [7, 11) is 0. The summed E-state index contributed by atoms with van der Waals surface area (Å²) in [4.78, 5) is 3.54. The molecule has 0 amide bonds. The molecule has 1 saturated carbocycles. The smallest absolute Gasteiger partial charge is 0.319 e. The lowest BCUT2D eigenvalue weighted by molar-refractivity contribution is -0.140. The van der Waals surface area contributed by atoms with E-state index in [9.17, 15) is 13.2 Å². The number of alkyl halides is 3. The molecule has 0 saturated heterocycles. The van der Waals surface area contributed by atoms with Crippen LogP contribution in [0.3, 0.4) is 0 Å². The van der Waals surface area contributed by atoms with Gasteiger partial charge >= 0.3 is 6.18 Å². The molecule has 2 rings (SSSR count). The van der Waals surface area contributed by atoms with Gasteiger partial charge in [-0.15, -0.1) is 11.3 Å². The Morgan fingerprint density at radius 3 is 2.43 bits per heavy atom. The van der Waals surface area contributed by atoms with Gasteiger partial charge in [-0.05, 0) is 19.3 Å². The highest BCUT2D eigenvalue weighted by Gasteiger charge is 2.40. The van der Waals surface area contributed by atoms with E-state index in [1.807, 2.05) is 0 Å². The molecule has 1 fully saturated rings. The molecule has 0 aromatic carbocycles. The van der Waals surface area contributed by atoms with Crippen molar-refractivity contribution >= 4 is 11.3 Å². The van der Waals surface area contributed by atoms with Gasteiger partial charge in [0.15, 0.2) is 5.69 Å². The maximum absolute atomic E-state index is 12.2. The summed E-state index contributed by atoms with van der Waals surface area (Å²) in [6.45, 7) is 0. The van der Waals surface area contributed by atoms with Gasteiger partial charge in [-0.2, -0.15) is 13.2 Å². The third kappa shape index (κ3) is 1.52. The van der Waals surface area contributed by atoms with Crippen molar-refractivity contribution < 1.29 is 13.2 Å². The molecule has 0 atom stereocenters. The first kappa shape index (κ1) is 9.92. The van der Waals surface area contributed by atoms with Crippen molar-refractivity contribution in [1.29, 1.82) is 0 Å². The van der Waals surface area contributed by atoms with E-state index in [4.69, 9.17) is 5.73 Å². The lowest BCUT2D eigenvalue weighted by Crippen LogP contribution is -2.43. The fourth-order valence-corrected chi connectivity index (χ4v) is 2.40. The van der Waals surface area contributed by atoms with E-state index in [0.29, 0.717) is 5.01 Å². The number of nitrogens with zero attached hydrogens (tertiary/aromatic N) is 1. The molecule has 14 heavy (non-hydrogen) atoms. The van der Waals surface area contributed by atoms with Crippen LogP contribution >= 0.6 is 11.3 Å².